The zero-order valence-electron chi connectivity index (χ0n) is 11.8. The average Bonchev–Trinajstić information content (AvgIpc) is 3.01. The van der Waals surface area contributed by atoms with Gasteiger partial charge in [-0.3, -0.25) is 9.97 Å². The number of hydrogen-bond donors (Lipinski definition) is 4. The van der Waals surface area contributed by atoms with Crippen molar-refractivity contribution in [2.75, 3.05) is 11.5 Å². The highest BCUT2D eigenvalue weighted by Gasteiger charge is 2.11. The predicted octanol–water partition coefficient (Wildman–Crippen LogP) is 1.31. The molecular weight excluding hydrogens is 300 g/mol. The van der Waals surface area contributed by atoms with Gasteiger partial charge in [-0.2, -0.15) is 0 Å². The summed E-state index contributed by atoms with van der Waals surface area (Å²) in [6, 6.07) is 7.04. The molecule has 2 aromatic carbocycles. The summed E-state index contributed by atoms with van der Waals surface area (Å²) in [6.07, 6.45) is 0.515. The lowest BCUT2D eigenvalue weighted by molar-refractivity contribution is 0.556. The van der Waals surface area contributed by atoms with E-state index in [2.05, 4.69) is 9.97 Å². The Morgan fingerprint density at radius 2 is 1.22 bits per heavy atom. The van der Waals surface area contributed by atoms with Crippen molar-refractivity contribution in [3.63, 3.8) is 0 Å². The number of rotatable bonds is 2. The molecule has 0 aliphatic carbocycles. The number of benzene rings is 2. The van der Waals surface area contributed by atoms with Crippen molar-refractivity contribution in [2.45, 2.75) is 6.42 Å². The molecule has 0 amide bonds. The molecule has 2 aromatic heterocycles. The van der Waals surface area contributed by atoms with Crippen molar-refractivity contribution in [3.05, 3.63) is 56.5 Å². The summed E-state index contributed by atoms with van der Waals surface area (Å²) >= 11 is 0. The first kappa shape index (κ1) is 13.3. The standard InChI is InChI=1S/C15H12N4O4/c16-8-2-6(4-10-12(8)22-14(20)18-10)1-7-3-9(17)13-11(5-7)19-15(21)23-13/h2-5H,1,16-17H2,(H,18,20)(H,19,21). The summed E-state index contributed by atoms with van der Waals surface area (Å²) in [7, 11) is 0. The van der Waals surface area contributed by atoms with Crippen LogP contribution in [0.2, 0.25) is 0 Å². The van der Waals surface area contributed by atoms with E-state index >= 15 is 0 Å². The molecule has 0 radical (unpaired) electrons. The molecule has 116 valence electrons. The Labute approximate surface area is 127 Å². The Morgan fingerprint density at radius 1 is 0.783 bits per heavy atom. The number of fused-ring (bicyclic) bond motifs is 2. The van der Waals surface area contributed by atoms with Crippen molar-refractivity contribution >= 4 is 33.6 Å². The molecule has 0 atom stereocenters. The molecular formula is C15H12N4O4. The number of aromatic amines is 2. The van der Waals surface area contributed by atoms with E-state index in [0.29, 0.717) is 40.0 Å². The Bertz CT molecular complexity index is 1070. The fraction of sp³-hybridized carbons (Fsp3) is 0.0667. The van der Waals surface area contributed by atoms with Gasteiger partial charge in [0.25, 0.3) is 0 Å². The topological polar surface area (TPSA) is 144 Å². The maximum atomic E-state index is 11.3. The molecule has 0 saturated heterocycles. The summed E-state index contributed by atoms with van der Waals surface area (Å²) in [5.41, 5.74) is 16.1. The van der Waals surface area contributed by atoms with Gasteiger partial charge >= 0.3 is 11.5 Å². The third-order valence-electron chi connectivity index (χ3n) is 3.63. The van der Waals surface area contributed by atoms with E-state index in [-0.39, 0.29) is 0 Å². The first-order chi connectivity index (χ1) is 11.0. The number of nitrogens with two attached hydrogens (primary N) is 2. The van der Waals surface area contributed by atoms with Crippen LogP contribution in [0.3, 0.4) is 0 Å². The lowest BCUT2D eigenvalue weighted by Crippen LogP contribution is -1.95. The van der Waals surface area contributed by atoms with Gasteiger partial charge in [0.05, 0.1) is 22.4 Å². The zero-order chi connectivity index (χ0) is 16.1. The van der Waals surface area contributed by atoms with E-state index in [1.54, 1.807) is 24.3 Å². The summed E-state index contributed by atoms with van der Waals surface area (Å²) in [6.45, 7) is 0. The van der Waals surface area contributed by atoms with E-state index in [1.807, 2.05) is 0 Å². The van der Waals surface area contributed by atoms with Crippen molar-refractivity contribution in [1.29, 1.82) is 0 Å². The van der Waals surface area contributed by atoms with Gasteiger partial charge in [0.2, 0.25) is 0 Å². The molecule has 4 rings (SSSR count). The maximum absolute atomic E-state index is 11.3. The van der Waals surface area contributed by atoms with E-state index in [1.165, 1.54) is 0 Å². The van der Waals surface area contributed by atoms with Gasteiger partial charge in [-0.15, -0.1) is 0 Å². The first-order valence-electron chi connectivity index (χ1n) is 6.82. The second-order valence-corrected chi connectivity index (χ2v) is 5.33. The quantitative estimate of drug-likeness (QED) is 0.411. The summed E-state index contributed by atoms with van der Waals surface area (Å²) < 4.78 is 9.95. The predicted molar refractivity (Wildman–Crippen MR) is 85.3 cm³/mol. The second kappa shape index (κ2) is 4.54. The van der Waals surface area contributed by atoms with Crippen LogP contribution < -0.4 is 23.0 Å². The fourth-order valence-electron chi connectivity index (χ4n) is 2.74. The van der Waals surface area contributed by atoms with Crippen LogP contribution in [-0.2, 0) is 6.42 Å². The molecule has 0 bridgehead atoms. The highest BCUT2D eigenvalue weighted by Crippen LogP contribution is 2.25. The van der Waals surface area contributed by atoms with Gasteiger partial charge in [-0.05, 0) is 41.8 Å². The minimum Gasteiger partial charge on any atom is -0.406 e. The molecule has 0 fully saturated rings. The Hall–Kier alpha value is -3.42. The molecule has 8 heteroatoms. The minimum atomic E-state index is -0.550. The zero-order valence-corrected chi connectivity index (χ0v) is 11.8. The van der Waals surface area contributed by atoms with E-state index in [0.717, 1.165) is 11.1 Å². The molecule has 0 spiro atoms. The van der Waals surface area contributed by atoms with E-state index in [4.69, 9.17) is 20.3 Å². The number of nitrogen functional groups attached to an aromatic ring is 2. The van der Waals surface area contributed by atoms with E-state index < -0.39 is 11.5 Å². The van der Waals surface area contributed by atoms with Crippen molar-refractivity contribution in [2.24, 2.45) is 0 Å². The van der Waals surface area contributed by atoms with Crippen LogP contribution in [0.25, 0.3) is 22.2 Å². The number of hydrogen-bond acceptors (Lipinski definition) is 6. The Kier molecular flexibility index (Phi) is 2.61. The van der Waals surface area contributed by atoms with Gasteiger partial charge < -0.3 is 20.3 Å². The smallest absolute Gasteiger partial charge is 0.406 e. The second-order valence-electron chi connectivity index (χ2n) is 5.33. The number of H-pyrrole nitrogens is 2. The highest BCUT2D eigenvalue weighted by atomic mass is 16.4. The monoisotopic (exact) mass is 312 g/mol. The van der Waals surface area contributed by atoms with Crippen LogP contribution in [0.5, 0.6) is 0 Å². The molecule has 0 aliphatic heterocycles. The summed E-state index contributed by atoms with van der Waals surface area (Å²) in [4.78, 5) is 27.7. The van der Waals surface area contributed by atoms with Gasteiger partial charge in [0.1, 0.15) is 0 Å². The lowest BCUT2D eigenvalue weighted by Gasteiger charge is -2.05. The molecule has 4 aromatic rings. The van der Waals surface area contributed by atoms with Gasteiger partial charge in [-0.1, -0.05) is 0 Å². The minimum absolute atomic E-state index is 0.341. The van der Waals surface area contributed by atoms with Crippen molar-refractivity contribution < 1.29 is 8.83 Å². The van der Waals surface area contributed by atoms with Crippen LogP contribution in [0.15, 0.2) is 42.7 Å². The number of nitrogens with one attached hydrogen (secondary N) is 2. The largest absolute Gasteiger partial charge is 0.417 e. The van der Waals surface area contributed by atoms with Crippen LogP contribution >= 0.6 is 0 Å². The van der Waals surface area contributed by atoms with Crippen LogP contribution in [0, 0.1) is 0 Å². The Morgan fingerprint density at radius 3 is 1.65 bits per heavy atom. The lowest BCUT2D eigenvalue weighted by atomic mass is 10.0. The molecule has 6 N–H and O–H groups in total. The third-order valence-corrected chi connectivity index (χ3v) is 3.63. The van der Waals surface area contributed by atoms with Crippen molar-refractivity contribution in [3.8, 4) is 0 Å². The van der Waals surface area contributed by atoms with Gasteiger partial charge in [-0.25, -0.2) is 9.59 Å². The molecule has 0 aliphatic rings. The molecule has 2 heterocycles. The SMILES string of the molecule is Nc1cc(Cc2cc(N)c3oc(=O)[nH]c3c2)cc2[nH]c(=O)oc12. The molecule has 0 saturated carbocycles. The Balaban J connectivity index is 1.80. The van der Waals surface area contributed by atoms with Crippen LogP contribution in [0.4, 0.5) is 11.4 Å². The van der Waals surface area contributed by atoms with Crippen LogP contribution in [0.1, 0.15) is 11.1 Å². The summed E-state index contributed by atoms with van der Waals surface area (Å²) in [5.74, 6) is -1.10. The average molecular weight is 312 g/mol. The van der Waals surface area contributed by atoms with Gasteiger partial charge in [0, 0.05) is 0 Å². The van der Waals surface area contributed by atoms with E-state index in [9.17, 15) is 9.59 Å². The fourth-order valence-corrected chi connectivity index (χ4v) is 2.74. The molecule has 8 nitrogen and oxygen atoms in total. The summed E-state index contributed by atoms with van der Waals surface area (Å²) in [5, 5.41) is 0. The molecule has 23 heavy (non-hydrogen) atoms. The first-order valence-corrected chi connectivity index (χ1v) is 6.82. The van der Waals surface area contributed by atoms with Crippen molar-refractivity contribution in [1.82, 2.24) is 9.97 Å². The number of aromatic nitrogens is 2. The maximum Gasteiger partial charge on any atom is 0.417 e. The third kappa shape index (κ3) is 2.16. The molecule has 0 unspecified atom stereocenters. The highest BCUT2D eigenvalue weighted by molar-refractivity contribution is 5.87. The normalized spacial score (nSPS) is 11.5. The number of oxazole rings is 2. The number of anilines is 2. The van der Waals surface area contributed by atoms with Crippen LogP contribution in [-0.4, -0.2) is 9.97 Å². The van der Waals surface area contributed by atoms with Gasteiger partial charge in [0.15, 0.2) is 11.2 Å².